The van der Waals surface area contributed by atoms with Crippen molar-refractivity contribution in [1.29, 1.82) is 0 Å². The lowest BCUT2D eigenvalue weighted by atomic mass is 10.2. The van der Waals surface area contributed by atoms with Gasteiger partial charge in [0.25, 0.3) is 5.91 Å². The second-order valence-corrected chi connectivity index (χ2v) is 9.11. The van der Waals surface area contributed by atoms with Crippen LogP contribution >= 0.6 is 34.9 Å². The molecule has 0 radical (unpaired) electrons. The number of aromatic nitrogens is 2. The highest BCUT2D eigenvalue weighted by molar-refractivity contribution is 8.03. The lowest BCUT2D eigenvalue weighted by Gasteiger charge is -2.02. The summed E-state index contributed by atoms with van der Waals surface area (Å²) in [4.78, 5) is 11.9. The van der Waals surface area contributed by atoms with Crippen molar-refractivity contribution in [2.45, 2.75) is 21.4 Å². The zero-order valence-electron chi connectivity index (χ0n) is 15.8. The van der Waals surface area contributed by atoms with Gasteiger partial charge in [-0.2, -0.15) is 5.10 Å². The van der Waals surface area contributed by atoms with Gasteiger partial charge in [-0.05, 0) is 42.3 Å². The van der Waals surface area contributed by atoms with Crippen molar-refractivity contribution in [2.75, 3.05) is 12.4 Å². The fourth-order valence-corrected chi connectivity index (χ4v) is 4.96. The Morgan fingerprint density at radius 3 is 2.55 bits per heavy atom. The second kappa shape index (κ2) is 11.6. The number of nitrogens with one attached hydrogen (secondary N) is 1. The van der Waals surface area contributed by atoms with E-state index in [4.69, 9.17) is 4.74 Å². The van der Waals surface area contributed by atoms with E-state index in [1.54, 1.807) is 18.0 Å². The lowest BCUT2D eigenvalue weighted by molar-refractivity contribution is -0.118. The minimum absolute atomic E-state index is 0.189. The van der Waals surface area contributed by atoms with E-state index < -0.39 is 0 Å². The largest absolute Gasteiger partial charge is 0.494 e. The van der Waals surface area contributed by atoms with E-state index in [0.717, 1.165) is 25.7 Å². The van der Waals surface area contributed by atoms with E-state index in [2.05, 4.69) is 32.9 Å². The van der Waals surface area contributed by atoms with Gasteiger partial charge < -0.3 is 4.74 Å². The van der Waals surface area contributed by atoms with Gasteiger partial charge in [-0.3, -0.25) is 4.79 Å². The molecule has 0 unspecified atom stereocenters. The van der Waals surface area contributed by atoms with Gasteiger partial charge in [-0.25, -0.2) is 5.43 Å². The first-order valence-corrected chi connectivity index (χ1v) is 11.7. The summed E-state index contributed by atoms with van der Waals surface area (Å²) in [5.74, 6) is 1.70. The molecule has 0 bridgehead atoms. The van der Waals surface area contributed by atoms with Crippen molar-refractivity contribution in [3.05, 3.63) is 65.7 Å². The first-order chi connectivity index (χ1) is 14.2. The minimum Gasteiger partial charge on any atom is -0.494 e. The van der Waals surface area contributed by atoms with Crippen molar-refractivity contribution in [1.82, 2.24) is 15.6 Å². The van der Waals surface area contributed by atoms with Gasteiger partial charge in [0.2, 0.25) is 0 Å². The summed E-state index contributed by atoms with van der Waals surface area (Å²) in [6.07, 6.45) is 1.60. The van der Waals surface area contributed by atoms with Crippen LogP contribution in [0.3, 0.4) is 0 Å². The maximum Gasteiger partial charge on any atom is 0.250 e. The van der Waals surface area contributed by atoms with Crippen LogP contribution in [0.1, 0.15) is 18.1 Å². The van der Waals surface area contributed by atoms with Crippen molar-refractivity contribution in [3.8, 4) is 5.75 Å². The number of hydrogen-bond acceptors (Lipinski definition) is 8. The Bertz CT molecular complexity index is 930. The molecular formula is C20H20N4O2S3. The Morgan fingerprint density at radius 2 is 1.83 bits per heavy atom. The van der Waals surface area contributed by atoms with E-state index in [1.165, 1.54) is 28.7 Å². The quantitative estimate of drug-likeness (QED) is 0.282. The zero-order chi connectivity index (χ0) is 20.3. The van der Waals surface area contributed by atoms with Crippen molar-refractivity contribution in [3.63, 3.8) is 0 Å². The standard InChI is InChI=1S/C20H20N4O2S3/c1-2-26-17-10-8-15(9-11-17)12-21-22-18(25)14-28-20-24-23-19(29-20)27-13-16-6-4-3-5-7-16/h3-12H,2,13-14H2,1H3,(H,22,25)/b21-12+. The molecular weight excluding hydrogens is 424 g/mol. The van der Waals surface area contributed by atoms with E-state index in [-0.39, 0.29) is 11.7 Å². The number of benzene rings is 2. The summed E-state index contributed by atoms with van der Waals surface area (Å²) in [6.45, 7) is 2.57. The van der Waals surface area contributed by atoms with Gasteiger partial charge in [0.15, 0.2) is 8.68 Å². The van der Waals surface area contributed by atoms with Crippen LogP contribution in [0.15, 0.2) is 68.4 Å². The number of carbonyl (C=O) groups is 1. The highest BCUT2D eigenvalue weighted by Gasteiger charge is 2.08. The van der Waals surface area contributed by atoms with Gasteiger partial charge in [-0.1, -0.05) is 65.2 Å². The highest BCUT2D eigenvalue weighted by atomic mass is 32.2. The maximum atomic E-state index is 11.9. The molecule has 0 aliphatic carbocycles. The molecule has 0 spiro atoms. The average molecular weight is 445 g/mol. The molecule has 0 saturated heterocycles. The Morgan fingerprint density at radius 1 is 1.10 bits per heavy atom. The van der Waals surface area contributed by atoms with Crippen LogP contribution in [-0.4, -0.2) is 34.7 Å². The molecule has 9 heteroatoms. The maximum absolute atomic E-state index is 11.9. The topological polar surface area (TPSA) is 76.5 Å². The van der Waals surface area contributed by atoms with Crippen LogP contribution in [0.4, 0.5) is 0 Å². The second-order valence-electron chi connectivity index (χ2n) is 5.69. The normalized spacial score (nSPS) is 10.9. The third-order valence-electron chi connectivity index (χ3n) is 3.51. The molecule has 2 aromatic carbocycles. The lowest BCUT2D eigenvalue weighted by Crippen LogP contribution is -2.19. The van der Waals surface area contributed by atoms with E-state index in [1.807, 2.05) is 49.4 Å². The molecule has 0 aliphatic heterocycles. The number of hydrazone groups is 1. The van der Waals surface area contributed by atoms with Crippen LogP contribution in [0.25, 0.3) is 0 Å². The van der Waals surface area contributed by atoms with Gasteiger partial charge in [0.05, 0.1) is 18.6 Å². The number of thioether (sulfide) groups is 2. The van der Waals surface area contributed by atoms with Gasteiger partial charge in [-0.15, -0.1) is 10.2 Å². The molecule has 0 saturated carbocycles. The average Bonchev–Trinajstić information content (AvgIpc) is 3.21. The third-order valence-corrected chi connectivity index (χ3v) is 6.77. The fraction of sp³-hybridized carbons (Fsp3) is 0.200. The predicted molar refractivity (Wildman–Crippen MR) is 120 cm³/mol. The number of carbonyl (C=O) groups excluding carboxylic acids is 1. The van der Waals surface area contributed by atoms with Gasteiger partial charge in [0.1, 0.15) is 5.75 Å². The molecule has 1 N–H and O–H groups in total. The van der Waals surface area contributed by atoms with Crippen molar-refractivity contribution >= 4 is 47.0 Å². The molecule has 1 aromatic heterocycles. The molecule has 3 aromatic rings. The van der Waals surface area contributed by atoms with Crippen LogP contribution < -0.4 is 10.2 Å². The molecule has 0 aliphatic rings. The Balaban J connectivity index is 1.38. The smallest absolute Gasteiger partial charge is 0.250 e. The fourth-order valence-electron chi connectivity index (χ4n) is 2.19. The summed E-state index contributed by atoms with van der Waals surface area (Å²) in [7, 11) is 0. The number of rotatable bonds is 10. The van der Waals surface area contributed by atoms with E-state index >= 15 is 0 Å². The molecule has 150 valence electrons. The van der Waals surface area contributed by atoms with Crippen LogP contribution in [0.2, 0.25) is 0 Å². The van der Waals surface area contributed by atoms with Crippen LogP contribution in [-0.2, 0) is 10.5 Å². The number of ether oxygens (including phenoxy) is 1. The highest BCUT2D eigenvalue weighted by Crippen LogP contribution is 2.30. The number of hydrogen-bond donors (Lipinski definition) is 1. The predicted octanol–water partition coefficient (Wildman–Crippen LogP) is 4.47. The van der Waals surface area contributed by atoms with Crippen LogP contribution in [0.5, 0.6) is 5.75 Å². The Labute approximate surface area is 182 Å². The molecule has 29 heavy (non-hydrogen) atoms. The Hall–Kier alpha value is -2.36. The van der Waals surface area contributed by atoms with E-state index in [9.17, 15) is 4.79 Å². The Kier molecular flexibility index (Phi) is 8.54. The third kappa shape index (κ3) is 7.52. The first-order valence-electron chi connectivity index (χ1n) is 8.90. The molecule has 1 heterocycles. The molecule has 0 fully saturated rings. The SMILES string of the molecule is CCOc1ccc(/C=N/NC(=O)CSc2nnc(SCc3ccccc3)s2)cc1. The minimum atomic E-state index is -0.189. The summed E-state index contributed by atoms with van der Waals surface area (Å²) < 4.78 is 7.05. The molecule has 6 nitrogen and oxygen atoms in total. The summed E-state index contributed by atoms with van der Waals surface area (Å²) >= 11 is 4.49. The summed E-state index contributed by atoms with van der Waals surface area (Å²) in [6, 6.07) is 17.7. The first kappa shape index (κ1) is 21.4. The van der Waals surface area contributed by atoms with Crippen molar-refractivity contribution < 1.29 is 9.53 Å². The molecule has 3 rings (SSSR count). The monoisotopic (exact) mass is 444 g/mol. The zero-order valence-corrected chi connectivity index (χ0v) is 18.2. The van der Waals surface area contributed by atoms with Crippen LogP contribution in [0, 0.1) is 0 Å². The van der Waals surface area contributed by atoms with E-state index in [0.29, 0.717) is 6.61 Å². The number of nitrogens with zero attached hydrogens (tertiary/aromatic N) is 3. The van der Waals surface area contributed by atoms with Gasteiger partial charge in [0, 0.05) is 5.75 Å². The van der Waals surface area contributed by atoms with Gasteiger partial charge >= 0.3 is 0 Å². The summed E-state index contributed by atoms with van der Waals surface area (Å²) in [5.41, 5.74) is 4.65. The summed E-state index contributed by atoms with van der Waals surface area (Å²) in [5, 5.41) is 12.3. The molecule has 1 amide bonds. The van der Waals surface area contributed by atoms with Crippen molar-refractivity contribution in [2.24, 2.45) is 5.10 Å². The molecule has 0 atom stereocenters. The number of amides is 1.